The van der Waals surface area contributed by atoms with E-state index in [1.54, 1.807) is 43.3 Å². The summed E-state index contributed by atoms with van der Waals surface area (Å²) in [6.45, 7) is 1.27. The van der Waals surface area contributed by atoms with E-state index in [2.05, 4.69) is 15.5 Å². The Morgan fingerprint density at radius 3 is 2.72 bits per heavy atom. The monoisotopic (exact) mass is 341 g/mol. The molecule has 0 fully saturated rings. The van der Waals surface area contributed by atoms with Crippen LogP contribution in [-0.4, -0.2) is 28.7 Å². The van der Waals surface area contributed by atoms with E-state index in [4.69, 9.17) is 9.15 Å². The van der Waals surface area contributed by atoms with Gasteiger partial charge in [-0.1, -0.05) is 18.2 Å². The van der Waals surface area contributed by atoms with E-state index in [1.165, 1.54) is 6.26 Å². The first-order valence-electron chi connectivity index (χ1n) is 7.53. The van der Waals surface area contributed by atoms with Crippen molar-refractivity contribution in [3.63, 3.8) is 0 Å². The number of nitrogens with one attached hydrogen (secondary N) is 2. The minimum Gasteiger partial charge on any atom is -0.467 e. The smallest absolute Gasteiger partial charge is 0.359 e. The van der Waals surface area contributed by atoms with Gasteiger partial charge in [-0.2, -0.15) is 5.10 Å². The Bertz CT molecular complexity index is 962. The Kier molecular flexibility index (Phi) is 4.60. The predicted molar refractivity (Wildman–Crippen MR) is 87.9 cm³/mol. The summed E-state index contributed by atoms with van der Waals surface area (Å²) in [4.78, 5) is 35.8. The summed E-state index contributed by atoms with van der Waals surface area (Å²) in [5.74, 6) is -0.688. The van der Waals surface area contributed by atoms with E-state index in [1.807, 2.05) is 0 Å². The third-order valence-electron chi connectivity index (χ3n) is 3.57. The maximum absolute atomic E-state index is 12.2. The fraction of sp³-hybridized carbons (Fsp3) is 0.176. The summed E-state index contributed by atoms with van der Waals surface area (Å²) < 4.78 is 10.2. The average molecular weight is 341 g/mol. The number of hydrogen-bond donors (Lipinski definition) is 2. The quantitative estimate of drug-likeness (QED) is 0.681. The van der Waals surface area contributed by atoms with Crippen molar-refractivity contribution in [2.24, 2.45) is 0 Å². The van der Waals surface area contributed by atoms with Crippen LogP contribution in [0.4, 0.5) is 0 Å². The Hall–Kier alpha value is -3.42. The molecular formula is C17H15N3O5. The molecule has 0 radical (unpaired) electrons. The maximum atomic E-state index is 12.2. The van der Waals surface area contributed by atoms with E-state index in [0.717, 1.165) is 0 Å². The fourth-order valence-corrected chi connectivity index (χ4v) is 2.36. The zero-order valence-corrected chi connectivity index (χ0v) is 13.3. The van der Waals surface area contributed by atoms with Crippen molar-refractivity contribution in [1.29, 1.82) is 0 Å². The lowest BCUT2D eigenvalue weighted by atomic mass is 10.1. The molecule has 1 amide bonds. The zero-order valence-electron chi connectivity index (χ0n) is 13.3. The summed E-state index contributed by atoms with van der Waals surface area (Å²) in [6.07, 6.45) is 1.50. The van der Waals surface area contributed by atoms with Gasteiger partial charge in [0, 0.05) is 5.39 Å². The van der Waals surface area contributed by atoms with E-state index >= 15 is 0 Å². The van der Waals surface area contributed by atoms with Crippen LogP contribution in [0.15, 0.2) is 51.9 Å². The molecule has 1 aromatic carbocycles. The van der Waals surface area contributed by atoms with Crippen LogP contribution in [0.1, 0.15) is 29.2 Å². The molecule has 0 unspecified atom stereocenters. The molecule has 128 valence electrons. The minimum atomic E-state index is -0.798. The van der Waals surface area contributed by atoms with Crippen LogP contribution in [0.25, 0.3) is 10.8 Å². The second kappa shape index (κ2) is 7.00. The normalized spacial score (nSPS) is 11.9. The van der Waals surface area contributed by atoms with Crippen LogP contribution in [0, 0.1) is 0 Å². The summed E-state index contributed by atoms with van der Waals surface area (Å²) in [5, 5.41) is 9.30. The molecular weight excluding hydrogens is 326 g/mol. The van der Waals surface area contributed by atoms with Crippen LogP contribution in [0.5, 0.6) is 0 Å². The van der Waals surface area contributed by atoms with Crippen LogP contribution in [0.2, 0.25) is 0 Å². The number of esters is 1. The number of hydrogen-bond acceptors (Lipinski definition) is 6. The van der Waals surface area contributed by atoms with Gasteiger partial charge in [0.05, 0.1) is 17.7 Å². The van der Waals surface area contributed by atoms with E-state index < -0.39 is 24.0 Å². The molecule has 0 aliphatic rings. The molecule has 3 aromatic rings. The number of aromatic nitrogens is 2. The summed E-state index contributed by atoms with van der Waals surface area (Å²) in [5.41, 5.74) is -0.459. The molecule has 0 saturated heterocycles. The van der Waals surface area contributed by atoms with Crippen molar-refractivity contribution in [2.75, 3.05) is 6.61 Å². The Morgan fingerprint density at radius 2 is 2.00 bits per heavy atom. The molecule has 3 rings (SSSR count). The molecule has 25 heavy (non-hydrogen) atoms. The molecule has 8 nitrogen and oxygen atoms in total. The van der Waals surface area contributed by atoms with Gasteiger partial charge in [-0.05, 0) is 25.1 Å². The van der Waals surface area contributed by atoms with Crippen LogP contribution in [-0.2, 0) is 9.53 Å². The number of furan rings is 1. The number of amides is 1. The van der Waals surface area contributed by atoms with Gasteiger partial charge in [-0.15, -0.1) is 0 Å². The van der Waals surface area contributed by atoms with E-state index in [0.29, 0.717) is 16.5 Å². The lowest BCUT2D eigenvalue weighted by molar-refractivity contribution is -0.125. The third kappa shape index (κ3) is 3.57. The number of benzene rings is 1. The highest BCUT2D eigenvalue weighted by atomic mass is 16.5. The van der Waals surface area contributed by atoms with Crippen molar-refractivity contribution < 1.29 is 18.7 Å². The Morgan fingerprint density at radius 1 is 1.24 bits per heavy atom. The largest absolute Gasteiger partial charge is 0.467 e. The topological polar surface area (TPSA) is 114 Å². The lowest BCUT2D eigenvalue weighted by Gasteiger charge is -2.11. The standard InChI is InChI=1S/C17H15N3O5/c1-10(13-7-4-8-24-13)18-14(21)9-25-17(23)15-11-5-2-3-6-12(11)16(22)20-19-15/h2-8,10H,9H2,1H3,(H,18,21)(H,20,22)/t10-/m0/s1. The zero-order chi connectivity index (χ0) is 17.8. The van der Waals surface area contributed by atoms with E-state index in [-0.39, 0.29) is 11.7 Å². The van der Waals surface area contributed by atoms with E-state index in [9.17, 15) is 14.4 Å². The molecule has 0 bridgehead atoms. The van der Waals surface area contributed by atoms with Crippen molar-refractivity contribution in [3.8, 4) is 0 Å². The molecule has 0 saturated carbocycles. The van der Waals surface area contributed by atoms with Crippen LogP contribution < -0.4 is 10.9 Å². The molecule has 8 heteroatoms. The SMILES string of the molecule is C[C@H](NC(=O)COC(=O)c1n[nH]c(=O)c2ccccc12)c1ccco1. The van der Waals surface area contributed by atoms with Gasteiger partial charge < -0.3 is 14.5 Å². The van der Waals surface area contributed by atoms with Gasteiger partial charge in [0.25, 0.3) is 11.5 Å². The lowest BCUT2D eigenvalue weighted by Crippen LogP contribution is -2.31. The Balaban J connectivity index is 1.66. The molecule has 0 spiro atoms. The molecule has 2 heterocycles. The number of nitrogens with zero attached hydrogens (tertiary/aromatic N) is 1. The molecule has 2 N–H and O–H groups in total. The van der Waals surface area contributed by atoms with Gasteiger partial charge >= 0.3 is 5.97 Å². The highest BCUT2D eigenvalue weighted by molar-refractivity contribution is 6.02. The summed E-state index contributed by atoms with van der Waals surface area (Å²) in [7, 11) is 0. The number of H-pyrrole nitrogens is 1. The average Bonchev–Trinajstić information content (AvgIpc) is 3.15. The maximum Gasteiger partial charge on any atom is 0.359 e. The second-order valence-corrected chi connectivity index (χ2v) is 5.33. The Labute approximate surface area is 141 Å². The first-order valence-corrected chi connectivity index (χ1v) is 7.53. The van der Waals surface area contributed by atoms with Crippen LogP contribution >= 0.6 is 0 Å². The molecule has 1 atom stereocenters. The predicted octanol–water partition coefficient (Wildman–Crippen LogP) is 1.55. The van der Waals surface area contributed by atoms with Gasteiger partial charge in [-0.3, -0.25) is 9.59 Å². The van der Waals surface area contributed by atoms with Crippen molar-refractivity contribution >= 4 is 22.6 Å². The number of aromatic amines is 1. The van der Waals surface area contributed by atoms with Crippen LogP contribution in [0.3, 0.4) is 0 Å². The number of carbonyl (C=O) groups excluding carboxylic acids is 2. The second-order valence-electron chi connectivity index (χ2n) is 5.33. The molecule has 0 aliphatic heterocycles. The number of ether oxygens (including phenoxy) is 1. The minimum absolute atomic E-state index is 0.0536. The first kappa shape index (κ1) is 16.4. The van der Waals surface area contributed by atoms with Crippen molar-refractivity contribution in [3.05, 3.63) is 64.5 Å². The fourth-order valence-electron chi connectivity index (χ4n) is 2.36. The number of carbonyl (C=O) groups is 2. The highest BCUT2D eigenvalue weighted by Gasteiger charge is 2.18. The van der Waals surface area contributed by atoms with Crippen molar-refractivity contribution in [2.45, 2.75) is 13.0 Å². The molecule has 0 aliphatic carbocycles. The first-order chi connectivity index (χ1) is 12.1. The number of rotatable bonds is 5. The van der Waals surface area contributed by atoms with Gasteiger partial charge in [0.15, 0.2) is 12.3 Å². The van der Waals surface area contributed by atoms with Gasteiger partial charge in [0.2, 0.25) is 0 Å². The van der Waals surface area contributed by atoms with Crippen molar-refractivity contribution in [1.82, 2.24) is 15.5 Å². The summed E-state index contributed by atoms with van der Waals surface area (Å²) in [6, 6.07) is 9.61. The van der Waals surface area contributed by atoms with Gasteiger partial charge in [-0.25, -0.2) is 9.89 Å². The number of fused-ring (bicyclic) bond motifs is 1. The third-order valence-corrected chi connectivity index (χ3v) is 3.57. The van der Waals surface area contributed by atoms with Gasteiger partial charge in [0.1, 0.15) is 5.76 Å². The highest BCUT2D eigenvalue weighted by Crippen LogP contribution is 2.14. The summed E-state index contributed by atoms with van der Waals surface area (Å²) >= 11 is 0. The molecule has 2 aromatic heterocycles.